The van der Waals surface area contributed by atoms with Gasteiger partial charge in [-0.3, -0.25) is 4.79 Å². The molecule has 1 heterocycles. The van der Waals surface area contributed by atoms with E-state index in [1.54, 1.807) is 0 Å². The second-order valence-corrected chi connectivity index (χ2v) is 4.00. The van der Waals surface area contributed by atoms with Crippen LogP contribution in [0.5, 0.6) is 0 Å². The van der Waals surface area contributed by atoms with Gasteiger partial charge >= 0.3 is 0 Å². The first-order valence-electron chi connectivity index (χ1n) is 5.09. The summed E-state index contributed by atoms with van der Waals surface area (Å²) in [5.74, 6) is 1.59. The summed E-state index contributed by atoms with van der Waals surface area (Å²) < 4.78 is 5.32. The predicted octanol–water partition coefficient (Wildman–Crippen LogP) is 1.19. The van der Waals surface area contributed by atoms with Crippen LogP contribution in [0.3, 0.4) is 0 Å². The summed E-state index contributed by atoms with van der Waals surface area (Å²) in [7, 11) is 0. The minimum absolute atomic E-state index is 0.140. The van der Waals surface area contributed by atoms with Crippen molar-refractivity contribution in [1.82, 2.24) is 5.32 Å². The molecule has 15 heavy (non-hydrogen) atoms. The van der Waals surface area contributed by atoms with Crippen LogP contribution in [0.1, 0.15) is 25.4 Å². The Hall–Kier alpha value is -1.29. The maximum Gasteiger partial charge on any atom is 0.237 e. The molecule has 4 heteroatoms. The molecule has 1 atom stereocenters. The maximum absolute atomic E-state index is 11.5. The highest BCUT2D eigenvalue weighted by Crippen LogP contribution is 2.06. The van der Waals surface area contributed by atoms with Gasteiger partial charge in [0.25, 0.3) is 0 Å². The summed E-state index contributed by atoms with van der Waals surface area (Å²) in [6, 6.07) is 3.25. The second-order valence-electron chi connectivity index (χ2n) is 4.00. The van der Waals surface area contributed by atoms with Gasteiger partial charge in [-0.2, -0.15) is 0 Å². The first kappa shape index (κ1) is 11.8. The van der Waals surface area contributed by atoms with Crippen LogP contribution in [-0.2, 0) is 11.3 Å². The fraction of sp³-hybridized carbons (Fsp3) is 0.545. The quantitative estimate of drug-likeness (QED) is 0.784. The summed E-state index contributed by atoms with van der Waals surface area (Å²) >= 11 is 0. The van der Waals surface area contributed by atoms with Crippen LogP contribution in [-0.4, -0.2) is 11.9 Å². The molecule has 0 saturated carbocycles. The Morgan fingerprint density at radius 2 is 2.20 bits per heavy atom. The Morgan fingerprint density at radius 3 is 2.67 bits per heavy atom. The van der Waals surface area contributed by atoms with Gasteiger partial charge in [0.2, 0.25) is 5.91 Å². The molecule has 0 saturated heterocycles. The van der Waals surface area contributed by atoms with Crippen LogP contribution in [0.15, 0.2) is 16.5 Å². The van der Waals surface area contributed by atoms with E-state index in [-0.39, 0.29) is 11.8 Å². The molecular weight excluding hydrogens is 192 g/mol. The molecule has 1 rings (SSSR count). The third-order valence-electron chi connectivity index (χ3n) is 2.25. The van der Waals surface area contributed by atoms with Crippen LogP contribution in [0, 0.1) is 12.8 Å². The molecule has 3 N–H and O–H groups in total. The summed E-state index contributed by atoms with van der Waals surface area (Å²) in [5, 5.41) is 2.74. The van der Waals surface area contributed by atoms with E-state index in [4.69, 9.17) is 10.2 Å². The third kappa shape index (κ3) is 3.40. The van der Waals surface area contributed by atoms with Gasteiger partial charge in [-0.25, -0.2) is 0 Å². The highest BCUT2D eigenvalue weighted by Gasteiger charge is 2.16. The second kappa shape index (κ2) is 4.98. The molecule has 0 unspecified atom stereocenters. The zero-order chi connectivity index (χ0) is 11.4. The van der Waals surface area contributed by atoms with Gasteiger partial charge in [0.15, 0.2) is 0 Å². The molecule has 0 aliphatic rings. The molecule has 84 valence electrons. The molecule has 0 bridgehead atoms. The third-order valence-corrected chi connectivity index (χ3v) is 2.25. The first-order chi connectivity index (χ1) is 7.00. The van der Waals surface area contributed by atoms with Crippen LogP contribution >= 0.6 is 0 Å². The molecule has 0 aromatic carbocycles. The zero-order valence-corrected chi connectivity index (χ0v) is 9.41. The predicted molar refractivity (Wildman–Crippen MR) is 58.1 cm³/mol. The molecule has 0 fully saturated rings. The number of furan rings is 1. The summed E-state index contributed by atoms with van der Waals surface area (Å²) in [4.78, 5) is 11.5. The van der Waals surface area contributed by atoms with E-state index in [1.807, 2.05) is 32.9 Å². The Morgan fingerprint density at radius 1 is 1.53 bits per heavy atom. The molecule has 0 aliphatic carbocycles. The van der Waals surface area contributed by atoms with E-state index in [2.05, 4.69) is 5.32 Å². The van der Waals surface area contributed by atoms with E-state index >= 15 is 0 Å². The Labute approximate surface area is 89.8 Å². The van der Waals surface area contributed by atoms with Crippen LogP contribution in [0.2, 0.25) is 0 Å². The minimum atomic E-state index is -0.457. The standard InChI is InChI=1S/C11H18N2O2/c1-7(2)10(12)11(14)13-6-9-5-4-8(3)15-9/h4-5,7,10H,6,12H2,1-3H3,(H,13,14)/t10-/m0/s1. The van der Waals surface area contributed by atoms with Crippen molar-refractivity contribution in [2.45, 2.75) is 33.4 Å². The molecular formula is C11H18N2O2. The topological polar surface area (TPSA) is 68.3 Å². The number of nitrogens with two attached hydrogens (primary N) is 1. The smallest absolute Gasteiger partial charge is 0.237 e. The number of amides is 1. The highest BCUT2D eigenvalue weighted by atomic mass is 16.3. The van der Waals surface area contributed by atoms with Gasteiger partial charge in [0, 0.05) is 0 Å². The maximum atomic E-state index is 11.5. The molecule has 0 radical (unpaired) electrons. The molecule has 1 amide bonds. The Balaban J connectivity index is 2.40. The largest absolute Gasteiger partial charge is 0.465 e. The van der Waals surface area contributed by atoms with Crippen molar-refractivity contribution in [3.8, 4) is 0 Å². The van der Waals surface area contributed by atoms with Crippen molar-refractivity contribution < 1.29 is 9.21 Å². The zero-order valence-electron chi connectivity index (χ0n) is 9.41. The van der Waals surface area contributed by atoms with Crippen molar-refractivity contribution in [2.24, 2.45) is 11.7 Å². The van der Waals surface area contributed by atoms with Crippen LogP contribution in [0.4, 0.5) is 0 Å². The average Bonchev–Trinajstić information content (AvgIpc) is 2.59. The molecule has 1 aromatic rings. The van der Waals surface area contributed by atoms with Gasteiger partial charge in [0.1, 0.15) is 11.5 Å². The normalized spacial score (nSPS) is 12.9. The highest BCUT2D eigenvalue weighted by molar-refractivity contribution is 5.81. The monoisotopic (exact) mass is 210 g/mol. The SMILES string of the molecule is Cc1ccc(CNC(=O)[C@@H](N)C(C)C)o1. The average molecular weight is 210 g/mol. The van der Waals surface area contributed by atoms with Gasteiger partial charge in [-0.1, -0.05) is 13.8 Å². The molecule has 4 nitrogen and oxygen atoms in total. The van der Waals surface area contributed by atoms with Crippen molar-refractivity contribution in [2.75, 3.05) is 0 Å². The van der Waals surface area contributed by atoms with Crippen LogP contribution < -0.4 is 11.1 Å². The van der Waals surface area contributed by atoms with Gasteiger partial charge in [-0.05, 0) is 25.0 Å². The van der Waals surface area contributed by atoms with E-state index in [0.717, 1.165) is 11.5 Å². The number of hydrogen-bond acceptors (Lipinski definition) is 3. The van der Waals surface area contributed by atoms with Gasteiger partial charge in [-0.15, -0.1) is 0 Å². The lowest BCUT2D eigenvalue weighted by Gasteiger charge is -2.14. The van der Waals surface area contributed by atoms with Crippen molar-refractivity contribution >= 4 is 5.91 Å². The van der Waals surface area contributed by atoms with E-state index in [0.29, 0.717) is 6.54 Å². The molecule has 0 spiro atoms. The fourth-order valence-electron chi connectivity index (χ4n) is 1.17. The van der Waals surface area contributed by atoms with Crippen molar-refractivity contribution in [1.29, 1.82) is 0 Å². The lowest BCUT2D eigenvalue weighted by atomic mass is 10.1. The number of carbonyl (C=O) groups is 1. The van der Waals surface area contributed by atoms with Gasteiger partial charge < -0.3 is 15.5 Å². The Kier molecular flexibility index (Phi) is 3.91. The number of hydrogen-bond donors (Lipinski definition) is 2. The van der Waals surface area contributed by atoms with Crippen molar-refractivity contribution in [3.63, 3.8) is 0 Å². The number of nitrogens with one attached hydrogen (secondary N) is 1. The minimum Gasteiger partial charge on any atom is -0.465 e. The lowest BCUT2D eigenvalue weighted by molar-refractivity contribution is -0.123. The summed E-state index contributed by atoms with van der Waals surface area (Å²) in [6.45, 7) is 6.10. The number of carbonyl (C=O) groups excluding carboxylic acids is 1. The molecule has 1 aromatic heterocycles. The first-order valence-corrected chi connectivity index (χ1v) is 5.09. The van der Waals surface area contributed by atoms with E-state index < -0.39 is 6.04 Å². The van der Waals surface area contributed by atoms with Crippen molar-refractivity contribution in [3.05, 3.63) is 23.7 Å². The lowest BCUT2D eigenvalue weighted by Crippen LogP contribution is -2.43. The van der Waals surface area contributed by atoms with Gasteiger partial charge in [0.05, 0.1) is 12.6 Å². The number of rotatable bonds is 4. The van der Waals surface area contributed by atoms with Crippen LogP contribution in [0.25, 0.3) is 0 Å². The summed E-state index contributed by atoms with van der Waals surface area (Å²) in [6.07, 6.45) is 0. The van der Waals surface area contributed by atoms with E-state index in [1.165, 1.54) is 0 Å². The fourth-order valence-corrected chi connectivity index (χ4v) is 1.17. The summed E-state index contributed by atoms with van der Waals surface area (Å²) in [5.41, 5.74) is 5.69. The number of aryl methyl sites for hydroxylation is 1. The Bertz CT molecular complexity index is 331. The molecule has 0 aliphatic heterocycles. The van der Waals surface area contributed by atoms with E-state index in [9.17, 15) is 4.79 Å².